The third-order valence-electron chi connectivity index (χ3n) is 10.9. The number of likely N-dealkylation sites (tertiary alicyclic amines) is 1. The minimum Gasteiger partial charge on any atom is -0.481 e. The second-order valence-corrected chi connectivity index (χ2v) is 14.5. The van der Waals surface area contributed by atoms with E-state index in [1.54, 1.807) is 0 Å². The summed E-state index contributed by atoms with van der Waals surface area (Å²) in [6.07, 6.45) is 1.21. The zero-order valence-electron chi connectivity index (χ0n) is 30.5. The first-order valence-electron chi connectivity index (χ1n) is 18.9. The van der Waals surface area contributed by atoms with Crippen molar-refractivity contribution in [3.63, 3.8) is 0 Å². The van der Waals surface area contributed by atoms with Crippen molar-refractivity contribution in [2.24, 2.45) is 5.92 Å². The number of rotatable bonds is 13. The lowest BCUT2D eigenvalue weighted by atomic mass is 9.89. The number of carboxylic acid groups (broad SMARTS) is 1. The number of aliphatic hydroxyl groups is 1. The zero-order chi connectivity index (χ0) is 37.6. The third kappa shape index (κ3) is 8.50. The highest BCUT2D eigenvalue weighted by Gasteiger charge is 2.39. The molecule has 11 nitrogen and oxygen atoms in total. The Hall–Kier alpha value is -5.07. The second-order valence-electron chi connectivity index (χ2n) is 14.5. The summed E-state index contributed by atoms with van der Waals surface area (Å²) >= 11 is 0. The zero-order valence-corrected chi connectivity index (χ0v) is 30.5. The molecule has 2 fully saturated rings. The number of para-hydroxylation sites is 2. The Kier molecular flexibility index (Phi) is 11.7. The van der Waals surface area contributed by atoms with Crippen LogP contribution in [-0.4, -0.2) is 62.3 Å². The summed E-state index contributed by atoms with van der Waals surface area (Å²) in [5, 5.41) is 21.5. The van der Waals surface area contributed by atoms with Gasteiger partial charge in [-0.15, -0.1) is 0 Å². The quantitative estimate of drug-likeness (QED) is 0.108. The smallest absolute Gasteiger partial charge is 0.326 e. The number of carboxylic acids is 1. The van der Waals surface area contributed by atoms with Gasteiger partial charge in [-0.3, -0.25) is 14.2 Å². The molecule has 4 aromatic carbocycles. The summed E-state index contributed by atoms with van der Waals surface area (Å²) < 4.78 is 15.5. The van der Waals surface area contributed by atoms with Crippen molar-refractivity contribution >= 4 is 22.9 Å². The number of aromatic amines is 1. The van der Waals surface area contributed by atoms with Gasteiger partial charge in [0.25, 0.3) is 0 Å². The predicted molar refractivity (Wildman–Crippen MR) is 205 cm³/mol. The van der Waals surface area contributed by atoms with Crippen molar-refractivity contribution in [2.75, 3.05) is 19.6 Å². The first-order valence-corrected chi connectivity index (χ1v) is 18.9. The molecule has 4 N–H and O–H groups in total. The number of amides is 1. The molecule has 0 bridgehead atoms. The van der Waals surface area contributed by atoms with Crippen LogP contribution in [0.4, 0.5) is 0 Å². The van der Waals surface area contributed by atoms with Gasteiger partial charge in [-0.05, 0) is 59.2 Å². The molecule has 3 heterocycles. The van der Waals surface area contributed by atoms with E-state index in [0.717, 1.165) is 76.9 Å². The number of carbonyl (C=O) groups is 2. The average Bonchev–Trinajstić information content (AvgIpc) is 3.54. The molecule has 0 spiro atoms. The maximum Gasteiger partial charge on any atom is 0.326 e. The number of ether oxygens (including phenoxy) is 2. The van der Waals surface area contributed by atoms with Crippen LogP contribution in [-0.2, 0) is 32.2 Å². The fourth-order valence-electron chi connectivity index (χ4n) is 7.84. The van der Waals surface area contributed by atoms with E-state index in [0.29, 0.717) is 13.0 Å². The molecular formula is C43H48N4O7. The van der Waals surface area contributed by atoms with Crippen LogP contribution >= 0.6 is 0 Å². The highest BCUT2D eigenvalue weighted by atomic mass is 16.7. The fourth-order valence-corrected chi connectivity index (χ4v) is 7.84. The van der Waals surface area contributed by atoms with Gasteiger partial charge >= 0.3 is 11.7 Å². The molecular weight excluding hydrogens is 684 g/mol. The van der Waals surface area contributed by atoms with E-state index in [2.05, 4.69) is 22.1 Å². The SMILES string of the molecule is CC1C(CN2CCC(n3c(=O)[nH]c4ccccc43)CC2)OC(c2ccc(-c3ccccc3CNC(=O)CCCC(=O)O)cc2)OC1c1ccc(CO)cc1. The highest BCUT2D eigenvalue weighted by Crippen LogP contribution is 2.42. The van der Waals surface area contributed by atoms with Crippen LogP contribution in [0, 0.1) is 5.92 Å². The Balaban J connectivity index is 1.06. The second kappa shape index (κ2) is 16.9. The lowest BCUT2D eigenvalue weighted by Gasteiger charge is -2.44. The van der Waals surface area contributed by atoms with E-state index in [9.17, 15) is 19.5 Å². The summed E-state index contributed by atoms with van der Waals surface area (Å²) in [4.78, 5) is 41.5. The molecule has 2 aliphatic rings. The van der Waals surface area contributed by atoms with Crippen LogP contribution < -0.4 is 11.0 Å². The Labute approximate surface area is 314 Å². The van der Waals surface area contributed by atoms with Gasteiger partial charge in [0, 0.05) is 56.5 Å². The van der Waals surface area contributed by atoms with Gasteiger partial charge in [-0.2, -0.15) is 0 Å². The van der Waals surface area contributed by atoms with Gasteiger partial charge < -0.3 is 34.9 Å². The van der Waals surface area contributed by atoms with Crippen molar-refractivity contribution in [1.82, 2.24) is 19.8 Å². The molecule has 4 unspecified atom stereocenters. The molecule has 11 heteroatoms. The van der Waals surface area contributed by atoms with Crippen LogP contribution in [0.15, 0.2) is 102 Å². The van der Waals surface area contributed by atoms with E-state index in [4.69, 9.17) is 14.6 Å². The number of aliphatic hydroxyl groups excluding tert-OH is 1. The summed E-state index contributed by atoms with van der Waals surface area (Å²) in [5.74, 6) is -1.04. The first kappa shape index (κ1) is 37.3. The van der Waals surface area contributed by atoms with Crippen molar-refractivity contribution in [2.45, 2.75) is 76.7 Å². The maximum atomic E-state index is 12.9. The van der Waals surface area contributed by atoms with Crippen molar-refractivity contribution in [1.29, 1.82) is 0 Å². The molecule has 5 aromatic rings. The van der Waals surface area contributed by atoms with Crippen LogP contribution in [0.2, 0.25) is 0 Å². The monoisotopic (exact) mass is 732 g/mol. The van der Waals surface area contributed by atoms with Gasteiger partial charge in [0.05, 0.1) is 29.8 Å². The Morgan fingerprint density at radius 2 is 1.57 bits per heavy atom. The normalized spacial score (nSPS) is 20.9. The topological polar surface area (TPSA) is 146 Å². The lowest BCUT2D eigenvalue weighted by molar-refractivity contribution is -0.276. The summed E-state index contributed by atoms with van der Waals surface area (Å²) in [7, 11) is 0. The van der Waals surface area contributed by atoms with Gasteiger partial charge in [0.1, 0.15) is 0 Å². The highest BCUT2D eigenvalue weighted by molar-refractivity contribution is 5.77. The van der Waals surface area contributed by atoms with E-state index in [1.807, 2.05) is 102 Å². The molecule has 1 amide bonds. The lowest BCUT2D eigenvalue weighted by Crippen LogP contribution is -2.47. The Morgan fingerprint density at radius 1 is 0.870 bits per heavy atom. The molecule has 0 aliphatic carbocycles. The van der Waals surface area contributed by atoms with Crippen molar-refractivity contribution in [3.05, 3.63) is 130 Å². The maximum absolute atomic E-state index is 12.9. The van der Waals surface area contributed by atoms with Gasteiger partial charge in [0.15, 0.2) is 6.29 Å². The van der Waals surface area contributed by atoms with Crippen molar-refractivity contribution < 1.29 is 29.3 Å². The number of aliphatic carboxylic acids is 1. The minimum absolute atomic E-state index is 0.0228. The number of benzene rings is 4. The predicted octanol–water partition coefficient (Wildman–Crippen LogP) is 6.49. The third-order valence-corrected chi connectivity index (χ3v) is 10.9. The Morgan fingerprint density at radius 3 is 2.31 bits per heavy atom. The van der Waals surface area contributed by atoms with E-state index in [1.165, 1.54) is 0 Å². The number of hydrogen-bond donors (Lipinski definition) is 4. The van der Waals surface area contributed by atoms with E-state index >= 15 is 0 Å². The number of nitrogens with one attached hydrogen (secondary N) is 2. The van der Waals surface area contributed by atoms with Gasteiger partial charge in [-0.1, -0.05) is 91.9 Å². The van der Waals surface area contributed by atoms with E-state index < -0.39 is 12.3 Å². The average molecular weight is 733 g/mol. The first-order chi connectivity index (χ1) is 26.3. The summed E-state index contributed by atoms with van der Waals surface area (Å²) in [6, 6.07) is 32.0. The van der Waals surface area contributed by atoms with E-state index in [-0.39, 0.29) is 55.2 Å². The number of fused-ring (bicyclic) bond motifs is 1. The fraction of sp³-hybridized carbons (Fsp3) is 0.372. The van der Waals surface area contributed by atoms with Crippen LogP contribution in [0.25, 0.3) is 22.2 Å². The number of hydrogen-bond acceptors (Lipinski definition) is 7. The molecule has 0 radical (unpaired) electrons. The number of H-pyrrole nitrogens is 1. The van der Waals surface area contributed by atoms with Gasteiger partial charge in [-0.25, -0.2) is 4.79 Å². The van der Waals surface area contributed by atoms with Crippen LogP contribution in [0.1, 0.15) is 79.7 Å². The van der Waals surface area contributed by atoms with Crippen molar-refractivity contribution in [3.8, 4) is 11.1 Å². The van der Waals surface area contributed by atoms with Crippen LogP contribution in [0.3, 0.4) is 0 Å². The molecule has 7 rings (SSSR count). The molecule has 2 aliphatic heterocycles. The van der Waals surface area contributed by atoms with Gasteiger partial charge in [0.2, 0.25) is 5.91 Å². The number of nitrogens with zero attached hydrogens (tertiary/aromatic N) is 2. The number of imidazole rings is 1. The minimum atomic E-state index is -0.907. The summed E-state index contributed by atoms with van der Waals surface area (Å²) in [6.45, 7) is 4.92. The molecule has 1 aromatic heterocycles. The van der Waals surface area contributed by atoms with Crippen LogP contribution in [0.5, 0.6) is 0 Å². The molecule has 0 saturated carbocycles. The molecule has 282 valence electrons. The summed E-state index contributed by atoms with van der Waals surface area (Å²) in [5.41, 5.74) is 7.48. The standard InChI is InChI=1S/C43H48N4O7/c1-28-38(26-46-23-21-34(22-24-46)47-37-10-5-4-9-36(37)45-43(47)52)53-42(54-41(28)31-15-13-29(27-48)14-16-31)32-19-17-30(18-20-32)35-8-3-2-7-33(35)25-44-39(49)11-6-12-40(50)51/h2-5,7-10,13-20,28,34,38,41-42,48H,6,11-12,21-27H2,1H3,(H,44,49)(H,45,52)(H,50,51). The molecule has 4 atom stereocenters. The number of piperidine rings is 1. The molecule has 54 heavy (non-hydrogen) atoms. The molecule has 2 saturated heterocycles. The largest absolute Gasteiger partial charge is 0.481 e. The number of carbonyl (C=O) groups excluding carboxylic acids is 1. The number of aromatic nitrogens is 2. The Bertz CT molecular complexity index is 2100.